The van der Waals surface area contributed by atoms with Crippen LogP contribution in [-0.2, 0) is 15.1 Å². The molecule has 12 nitrogen and oxygen atoms in total. The number of aromatic amines is 1. The second kappa shape index (κ2) is 8.91. The average molecular weight is 515 g/mol. The van der Waals surface area contributed by atoms with Gasteiger partial charge in [-0.3, -0.25) is 9.89 Å². The maximum absolute atomic E-state index is 13.6. The summed E-state index contributed by atoms with van der Waals surface area (Å²) in [5, 5.41) is 23.7. The number of allylic oxidation sites excluding steroid dienone is 1. The van der Waals surface area contributed by atoms with Gasteiger partial charge in [0.1, 0.15) is 11.5 Å². The summed E-state index contributed by atoms with van der Waals surface area (Å²) >= 11 is 0. The molecule has 1 atom stereocenters. The number of H-pyrrole nitrogens is 1. The van der Waals surface area contributed by atoms with Crippen LogP contribution in [-0.4, -0.2) is 74.1 Å². The van der Waals surface area contributed by atoms with Gasteiger partial charge in [0.2, 0.25) is 5.95 Å². The minimum atomic E-state index is -0.727. The summed E-state index contributed by atoms with van der Waals surface area (Å²) in [5.74, 6) is 1.28. The number of tetrazole rings is 1. The highest BCUT2D eigenvalue weighted by Gasteiger charge is 2.41. The van der Waals surface area contributed by atoms with Gasteiger partial charge in [-0.05, 0) is 68.5 Å². The molecule has 0 saturated carbocycles. The van der Waals surface area contributed by atoms with Gasteiger partial charge in [-0.2, -0.15) is 5.10 Å². The molecule has 1 fully saturated rings. The first-order valence-electron chi connectivity index (χ1n) is 12.6. The fourth-order valence-corrected chi connectivity index (χ4v) is 5.33. The summed E-state index contributed by atoms with van der Waals surface area (Å²) in [6.45, 7) is 10.1. The zero-order chi connectivity index (χ0) is 26.6. The quantitative estimate of drug-likeness (QED) is 0.422. The predicted octanol–water partition coefficient (Wildman–Crippen LogP) is 2.93. The Labute approximate surface area is 219 Å². The van der Waals surface area contributed by atoms with E-state index in [1.54, 1.807) is 10.9 Å². The monoisotopic (exact) mass is 514 g/mol. The molecule has 0 bridgehead atoms. The van der Waals surface area contributed by atoms with E-state index in [2.05, 4.69) is 53.9 Å². The number of benzene rings is 1. The number of hydrogen-bond acceptors (Lipinski definition) is 9. The Kier molecular flexibility index (Phi) is 5.64. The van der Waals surface area contributed by atoms with Crippen LogP contribution < -0.4 is 15.1 Å². The molecular formula is C26H30N10O2. The van der Waals surface area contributed by atoms with Crippen LogP contribution in [0.15, 0.2) is 47.8 Å². The second-order valence-electron chi connectivity index (χ2n) is 10.3. The largest absolute Gasteiger partial charge is 0.375 e. The van der Waals surface area contributed by atoms with Gasteiger partial charge in [-0.15, -0.1) is 0 Å². The first-order chi connectivity index (χ1) is 18.2. The normalized spacial score (nSPS) is 19.1. The molecule has 1 amide bonds. The Morgan fingerprint density at radius 1 is 1.24 bits per heavy atom. The molecule has 38 heavy (non-hydrogen) atoms. The fourth-order valence-electron chi connectivity index (χ4n) is 5.33. The highest BCUT2D eigenvalue weighted by Crippen LogP contribution is 2.37. The van der Waals surface area contributed by atoms with E-state index in [1.165, 1.54) is 0 Å². The van der Waals surface area contributed by atoms with E-state index in [1.807, 2.05) is 57.0 Å². The third-order valence-electron chi connectivity index (χ3n) is 7.39. The lowest BCUT2D eigenvalue weighted by atomic mass is 9.89. The molecule has 12 heteroatoms. The fraction of sp³-hybridized carbons (Fsp3) is 0.385. The zero-order valence-corrected chi connectivity index (χ0v) is 22.1. The molecule has 2 N–H and O–H groups in total. The summed E-state index contributed by atoms with van der Waals surface area (Å²) in [6, 6.07) is 9.74. The molecule has 0 radical (unpaired) electrons. The van der Waals surface area contributed by atoms with Gasteiger partial charge in [0.05, 0.1) is 29.3 Å². The number of rotatable bonds is 4. The number of ether oxygens (including phenoxy) is 1. The van der Waals surface area contributed by atoms with Crippen LogP contribution in [0.3, 0.4) is 0 Å². The molecule has 2 aliphatic rings. The van der Waals surface area contributed by atoms with E-state index in [0.717, 1.165) is 46.8 Å². The van der Waals surface area contributed by atoms with Crippen molar-refractivity contribution in [2.45, 2.75) is 39.3 Å². The number of nitrogens with zero attached hydrogens (tertiary/aromatic N) is 8. The maximum atomic E-state index is 13.6. The smallest absolute Gasteiger partial charge is 0.255 e. The minimum Gasteiger partial charge on any atom is -0.375 e. The van der Waals surface area contributed by atoms with Crippen molar-refractivity contribution in [2.24, 2.45) is 0 Å². The highest BCUT2D eigenvalue weighted by atomic mass is 16.5. The molecule has 1 saturated heterocycles. The van der Waals surface area contributed by atoms with Gasteiger partial charge >= 0.3 is 0 Å². The summed E-state index contributed by atoms with van der Waals surface area (Å²) in [7, 11) is 1.85. The lowest BCUT2D eigenvalue weighted by molar-refractivity contribution is -0.113. The number of hydrogen-bond donors (Lipinski definition) is 2. The summed E-state index contributed by atoms with van der Waals surface area (Å²) in [5.41, 5.74) is 3.95. The van der Waals surface area contributed by atoms with Gasteiger partial charge in [-0.25, -0.2) is 9.67 Å². The number of nitrogens with one attached hydrogen (secondary N) is 2. The van der Waals surface area contributed by atoms with Gasteiger partial charge in [0.25, 0.3) is 5.91 Å². The van der Waals surface area contributed by atoms with E-state index in [0.29, 0.717) is 23.8 Å². The van der Waals surface area contributed by atoms with Crippen LogP contribution in [0.2, 0.25) is 0 Å². The van der Waals surface area contributed by atoms with Gasteiger partial charge in [0, 0.05) is 48.7 Å². The Morgan fingerprint density at radius 2 is 2.08 bits per heavy atom. The standard InChI is InChI=1S/C26H30N10O2/c1-15-14-35(10-11-38-15)21-12-17(8-9-27-21)23-19-13-18(6-7-20(19)29-30-23)28-24(37)22-16(2)34(5)25-31-32-33-36(25)26(22,3)4/h6-9,12-13,15H,10-11,14H2,1-5H3,(H,28,37)(H,29,30)/t15-/m0/s1. The molecule has 0 spiro atoms. The Hall–Kier alpha value is -4.32. The number of pyridine rings is 1. The van der Waals surface area contributed by atoms with Crippen molar-refractivity contribution in [2.75, 3.05) is 41.9 Å². The van der Waals surface area contributed by atoms with E-state index in [9.17, 15) is 4.79 Å². The van der Waals surface area contributed by atoms with E-state index < -0.39 is 5.54 Å². The number of carbonyl (C=O) groups is 1. The highest BCUT2D eigenvalue weighted by molar-refractivity contribution is 6.07. The van der Waals surface area contributed by atoms with Gasteiger partial charge < -0.3 is 19.9 Å². The first-order valence-corrected chi connectivity index (χ1v) is 12.6. The van der Waals surface area contributed by atoms with Gasteiger partial charge in [0.15, 0.2) is 0 Å². The molecule has 0 unspecified atom stereocenters. The molecule has 0 aliphatic carbocycles. The number of carbonyl (C=O) groups excluding carboxylic acids is 1. The van der Waals surface area contributed by atoms with E-state index in [4.69, 9.17) is 4.74 Å². The Morgan fingerprint density at radius 3 is 2.89 bits per heavy atom. The third-order valence-corrected chi connectivity index (χ3v) is 7.39. The summed E-state index contributed by atoms with van der Waals surface area (Å²) < 4.78 is 7.35. The third kappa shape index (κ3) is 3.88. The van der Waals surface area contributed by atoms with Crippen LogP contribution in [0.5, 0.6) is 0 Å². The van der Waals surface area contributed by atoms with Crippen LogP contribution >= 0.6 is 0 Å². The van der Waals surface area contributed by atoms with E-state index >= 15 is 0 Å². The van der Waals surface area contributed by atoms with Crippen molar-refractivity contribution in [1.82, 2.24) is 35.4 Å². The SMILES string of the molecule is CC1=C(C(=O)Nc2ccc3[nH]nc(-c4ccnc(N5CCO[C@@H](C)C5)c4)c3c2)C(C)(C)n2nnnc2N1C. The van der Waals surface area contributed by atoms with Crippen LogP contribution in [0.1, 0.15) is 27.7 Å². The first kappa shape index (κ1) is 24.0. The van der Waals surface area contributed by atoms with Crippen LogP contribution in [0.25, 0.3) is 22.2 Å². The van der Waals surface area contributed by atoms with Crippen molar-refractivity contribution in [1.29, 1.82) is 0 Å². The molecule has 5 heterocycles. The van der Waals surface area contributed by atoms with Crippen LogP contribution in [0, 0.1) is 0 Å². The van der Waals surface area contributed by atoms with Crippen molar-refractivity contribution in [3.63, 3.8) is 0 Å². The maximum Gasteiger partial charge on any atom is 0.255 e. The topological polar surface area (TPSA) is 130 Å². The van der Waals surface area contributed by atoms with E-state index in [-0.39, 0.29) is 12.0 Å². The minimum absolute atomic E-state index is 0.159. The lowest BCUT2D eigenvalue weighted by Gasteiger charge is -2.37. The van der Waals surface area contributed by atoms with Gasteiger partial charge in [-0.1, -0.05) is 5.10 Å². The molecule has 6 rings (SSSR count). The molecular weight excluding hydrogens is 484 g/mol. The second-order valence-corrected chi connectivity index (χ2v) is 10.3. The predicted molar refractivity (Wildman–Crippen MR) is 144 cm³/mol. The zero-order valence-electron chi connectivity index (χ0n) is 22.1. The van der Waals surface area contributed by atoms with Crippen LogP contribution in [0.4, 0.5) is 17.5 Å². The number of morpholine rings is 1. The molecule has 3 aromatic heterocycles. The Bertz CT molecular complexity index is 1570. The Balaban J connectivity index is 1.31. The van der Waals surface area contributed by atoms with Crippen molar-refractivity contribution in [3.05, 3.63) is 47.8 Å². The average Bonchev–Trinajstić information content (AvgIpc) is 3.56. The van der Waals surface area contributed by atoms with Crippen molar-refractivity contribution in [3.8, 4) is 11.3 Å². The molecule has 196 valence electrons. The molecule has 4 aromatic rings. The number of aromatic nitrogens is 7. The summed E-state index contributed by atoms with van der Waals surface area (Å²) in [6.07, 6.45) is 1.97. The summed E-state index contributed by atoms with van der Waals surface area (Å²) in [4.78, 5) is 22.3. The van der Waals surface area contributed by atoms with Crippen molar-refractivity contribution < 1.29 is 9.53 Å². The number of amides is 1. The molecule has 2 aliphatic heterocycles. The number of anilines is 3. The van der Waals surface area contributed by atoms with Crippen molar-refractivity contribution >= 4 is 34.3 Å². The molecule has 1 aromatic carbocycles. The number of fused-ring (bicyclic) bond motifs is 2. The lowest BCUT2D eigenvalue weighted by Crippen LogP contribution is -2.44.